The van der Waals surface area contributed by atoms with Crippen LogP contribution in [0.3, 0.4) is 0 Å². The van der Waals surface area contributed by atoms with E-state index in [0.717, 1.165) is 4.90 Å². The van der Waals surface area contributed by atoms with Crippen molar-refractivity contribution >= 4 is 35.0 Å². The molecule has 1 unspecified atom stereocenters. The molecule has 1 atom stereocenters. The van der Waals surface area contributed by atoms with E-state index in [1.165, 1.54) is 12.5 Å². The SMILES string of the molecule is CC(C(=O)Nc1ccc2c(c1)N(CCOc1ccc(C(C)(C)C)cc1)C(=O)CO2)N1C(=O)c2ccccc2C1=O. The van der Waals surface area contributed by atoms with Gasteiger partial charge in [-0.15, -0.1) is 0 Å². The van der Waals surface area contributed by atoms with E-state index in [2.05, 4.69) is 26.1 Å². The van der Waals surface area contributed by atoms with Gasteiger partial charge >= 0.3 is 0 Å². The molecular formula is C31H31N3O6. The molecule has 2 aliphatic heterocycles. The fourth-order valence-electron chi connectivity index (χ4n) is 4.75. The molecule has 0 aliphatic carbocycles. The van der Waals surface area contributed by atoms with Gasteiger partial charge in [-0.25, -0.2) is 0 Å². The zero-order valence-electron chi connectivity index (χ0n) is 22.9. The molecule has 0 spiro atoms. The van der Waals surface area contributed by atoms with Gasteiger partial charge in [0.2, 0.25) is 5.91 Å². The minimum atomic E-state index is -1.05. The van der Waals surface area contributed by atoms with E-state index in [0.29, 0.717) is 22.9 Å². The average molecular weight is 542 g/mol. The molecule has 5 rings (SSSR count). The van der Waals surface area contributed by atoms with Crippen molar-refractivity contribution in [2.24, 2.45) is 0 Å². The highest BCUT2D eigenvalue weighted by atomic mass is 16.5. The van der Waals surface area contributed by atoms with E-state index in [1.807, 2.05) is 24.3 Å². The Bertz CT molecular complexity index is 1460. The normalized spacial score (nSPS) is 15.3. The van der Waals surface area contributed by atoms with Crippen LogP contribution in [0.5, 0.6) is 11.5 Å². The van der Waals surface area contributed by atoms with Crippen molar-refractivity contribution in [3.05, 3.63) is 83.4 Å². The second-order valence-electron chi connectivity index (χ2n) is 10.8. The number of carbonyl (C=O) groups is 4. The van der Waals surface area contributed by atoms with Gasteiger partial charge in [0.05, 0.1) is 23.4 Å². The van der Waals surface area contributed by atoms with Crippen molar-refractivity contribution in [3.8, 4) is 11.5 Å². The Morgan fingerprint density at radius 2 is 1.62 bits per heavy atom. The van der Waals surface area contributed by atoms with E-state index in [-0.39, 0.29) is 42.2 Å². The largest absolute Gasteiger partial charge is 0.492 e. The van der Waals surface area contributed by atoms with Gasteiger partial charge in [0, 0.05) is 5.69 Å². The van der Waals surface area contributed by atoms with Crippen molar-refractivity contribution in [1.29, 1.82) is 0 Å². The van der Waals surface area contributed by atoms with E-state index in [9.17, 15) is 19.2 Å². The molecule has 40 heavy (non-hydrogen) atoms. The fraction of sp³-hybridized carbons (Fsp3) is 0.290. The Balaban J connectivity index is 1.26. The number of anilines is 2. The smallest absolute Gasteiger partial charge is 0.265 e. The number of amides is 4. The molecule has 3 aromatic carbocycles. The lowest BCUT2D eigenvalue weighted by Gasteiger charge is -2.30. The molecule has 3 aromatic rings. The van der Waals surface area contributed by atoms with Crippen LogP contribution in [0.15, 0.2) is 66.7 Å². The van der Waals surface area contributed by atoms with Crippen molar-refractivity contribution in [2.75, 3.05) is 30.0 Å². The highest BCUT2D eigenvalue weighted by Crippen LogP contribution is 2.35. The summed E-state index contributed by atoms with van der Waals surface area (Å²) >= 11 is 0. The molecule has 0 aromatic heterocycles. The summed E-state index contributed by atoms with van der Waals surface area (Å²) in [5.41, 5.74) is 2.68. The van der Waals surface area contributed by atoms with Crippen LogP contribution in [0, 0.1) is 0 Å². The highest BCUT2D eigenvalue weighted by molar-refractivity contribution is 6.23. The van der Waals surface area contributed by atoms with Gasteiger partial charge in [0.15, 0.2) is 6.61 Å². The second kappa shape index (κ2) is 10.5. The van der Waals surface area contributed by atoms with Crippen LogP contribution in [-0.2, 0) is 15.0 Å². The van der Waals surface area contributed by atoms with Crippen LogP contribution in [0.2, 0.25) is 0 Å². The monoisotopic (exact) mass is 541 g/mol. The summed E-state index contributed by atoms with van der Waals surface area (Å²) in [6.07, 6.45) is 0. The van der Waals surface area contributed by atoms with E-state index < -0.39 is 23.8 Å². The number of hydrogen-bond donors (Lipinski definition) is 1. The average Bonchev–Trinajstić information content (AvgIpc) is 3.19. The Morgan fingerprint density at radius 3 is 2.25 bits per heavy atom. The van der Waals surface area contributed by atoms with E-state index >= 15 is 0 Å². The number of fused-ring (bicyclic) bond motifs is 2. The Labute approximate surface area is 232 Å². The zero-order valence-corrected chi connectivity index (χ0v) is 22.9. The number of ether oxygens (including phenoxy) is 2. The lowest BCUT2D eigenvalue weighted by atomic mass is 9.87. The zero-order chi connectivity index (χ0) is 28.6. The fourth-order valence-corrected chi connectivity index (χ4v) is 4.75. The summed E-state index contributed by atoms with van der Waals surface area (Å²) in [7, 11) is 0. The first-order chi connectivity index (χ1) is 19.0. The third-order valence-corrected chi connectivity index (χ3v) is 7.07. The van der Waals surface area contributed by atoms with Crippen LogP contribution in [0.4, 0.5) is 11.4 Å². The molecule has 0 saturated heterocycles. The van der Waals surface area contributed by atoms with Gasteiger partial charge in [0.1, 0.15) is 24.1 Å². The minimum Gasteiger partial charge on any atom is -0.492 e. The number of rotatable bonds is 7. The molecule has 206 valence electrons. The number of hydrogen-bond acceptors (Lipinski definition) is 6. The molecule has 4 amide bonds. The number of carbonyl (C=O) groups excluding carboxylic acids is 4. The quantitative estimate of drug-likeness (QED) is 0.444. The van der Waals surface area contributed by atoms with Crippen molar-refractivity contribution in [2.45, 2.75) is 39.2 Å². The maximum absolute atomic E-state index is 13.1. The molecule has 0 radical (unpaired) electrons. The maximum atomic E-state index is 13.1. The van der Waals surface area contributed by atoms with Crippen molar-refractivity contribution in [3.63, 3.8) is 0 Å². The van der Waals surface area contributed by atoms with Crippen LogP contribution in [0.1, 0.15) is 54.0 Å². The predicted octanol–water partition coefficient (Wildman–Crippen LogP) is 4.41. The lowest BCUT2D eigenvalue weighted by molar-refractivity contribution is -0.121. The molecular weight excluding hydrogens is 510 g/mol. The molecule has 2 heterocycles. The highest BCUT2D eigenvalue weighted by Gasteiger charge is 2.40. The van der Waals surface area contributed by atoms with Crippen molar-refractivity contribution in [1.82, 2.24) is 4.90 Å². The summed E-state index contributed by atoms with van der Waals surface area (Å²) in [6.45, 7) is 8.37. The Hall–Kier alpha value is -4.66. The molecule has 0 bridgehead atoms. The van der Waals surface area contributed by atoms with Gasteiger partial charge < -0.3 is 19.7 Å². The van der Waals surface area contributed by atoms with Gasteiger partial charge in [-0.3, -0.25) is 24.1 Å². The van der Waals surface area contributed by atoms with Crippen LogP contribution >= 0.6 is 0 Å². The summed E-state index contributed by atoms with van der Waals surface area (Å²) in [5.74, 6) is -0.579. The molecule has 9 heteroatoms. The summed E-state index contributed by atoms with van der Waals surface area (Å²) in [6, 6.07) is 18.3. The lowest BCUT2D eigenvalue weighted by Crippen LogP contribution is -2.45. The minimum absolute atomic E-state index is 0.0396. The molecule has 2 aliphatic rings. The van der Waals surface area contributed by atoms with E-state index in [1.54, 1.807) is 47.4 Å². The summed E-state index contributed by atoms with van der Waals surface area (Å²) in [5, 5.41) is 2.76. The predicted molar refractivity (Wildman–Crippen MR) is 150 cm³/mol. The molecule has 9 nitrogen and oxygen atoms in total. The van der Waals surface area contributed by atoms with Crippen LogP contribution in [-0.4, -0.2) is 54.3 Å². The maximum Gasteiger partial charge on any atom is 0.265 e. The third-order valence-electron chi connectivity index (χ3n) is 7.07. The first kappa shape index (κ1) is 26.9. The van der Waals surface area contributed by atoms with Gasteiger partial charge in [0.25, 0.3) is 17.7 Å². The summed E-state index contributed by atoms with van der Waals surface area (Å²) in [4.78, 5) is 53.9. The topological polar surface area (TPSA) is 105 Å². The standard InChI is InChI=1S/C31H31N3O6/c1-19(34-29(37)23-7-5-6-8-24(23)30(34)38)28(36)32-21-11-14-26-25(17-21)33(27(35)18-40-26)15-16-39-22-12-9-20(10-13-22)31(2,3)4/h5-14,17,19H,15-16,18H2,1-4H3,(H,32,36). The van der Waals surface area contributed by atoms with Crippen LogP contribution in [0.25, 0.3) is 0 Å². The number of nitrogens with one attached hydrogen (secondary N) is 1. The van der Waals surface area contributed by atoms with E-state index in [4.69, 9.17) is 9.47 Å². The number of benzene rings is 3. The van der Waals surface area contributed by atoms with Gasteiger partial charge in [-0.1, -0.05) is 45.0 Å². The molecule has 1 N–H and O–H groups in total. The van der Waals surface area contributed by atoms with Crippen LogP contribution < -0.4 is 19.7 Å². The molecule has 0 saturated carbocycles. The third kappa shape index (κ3) is 5.14. The van der Waals surface area contributed by atoms with Gasteiger partial charge in [-0.2, -0.15) is 0 Å². The Kier molecular flexibility index (Phi) is 7.06. The number of imide groups is 1. The first-order valence-electron chi connectivity index (χ1n) is 13.1. The molecule has 0 fully saturated rings. The number of nitrogens with zero attached hydrogens (tertiary/aromatic N) is 2. The van der Waals surface area contributed by atoms with Gasteiger partial charge in [-0.05, 0) is 60.4 Å². The second-order valence-corrected chi connectivity index (χ2v) is 10.8. The Morgan fingerprint density at radius 1 is 0.975 bits per heavy atom. The summed E-state index contributed by atoms with van der Waals surface area (Å²) < 4.78 is 11.5. The first-order valence-corrected chi connectivity index (χ1v) is 13.1. The van der Waals surface area contributed by atoms with Crippen molar-refractivity contribution < 1.29 is 28.7 Å².